The van der Waals surface area contributed by atoms with E-state index < -0.39 is 11.7 Å². The molecule has 0 aromatic heterocycles. The lowest BCUT2D eigenvalue weighted by atomic mass is 9.99. The maximum Gasteiger partial charge on any atom is 0.416 e. The molecule has 1 aliphatic rings. The molecule has 116 valence electrons. The molecule has 0 spiro atoms. The molecule has 0 saturated carbocycles. The van der Waals surface area contributed by atoms with Crippen LogP contribution in [0, 0.1) is 0 Å². The zero-order valence-corrected chi connectivity index (χ0v) is 11.8. The number of carbonyl (C=O) groups is 1. The van der Waals surface area contributed by atoms with Crippen molar-refractivity contribution in [3.63, 3.8) is 0 Å². The summed E-state index contributed by atoms with van der Waals surface area (Å²) in [7, 11) is 0. The molecule has 1 aliphatic heterocycles. The fourth-order valence-corrected chi connectivity index (χ4v) is 2.50. The van der Waals surface area contributed by atoms with Gasteiger partial charge in [0, 0.05) is 12.1 Å². The molecule has 21 heavy (non-hydrogen) atoms. The summed E-state index contributed by atoms with van der Waals surface area (Å²) in [4.78, 5) is 11.9. The van der Waals surface area contributed by atoms with Gasteiger partial charge in [-0.1, -0.05) is 12.1 Å². The molecule has 6 heteroatoms. The SMILES string of the molecule is CC1NCCCC1NC(=O)Cc1ccc(C(F)(F)F)cc1. The monoisotopic (exact) mass is 300 g/mol. The highest BCUT2D eigenvalue weighted by molar-refractivity contribution is 5.79. The Balaban J connectivity index is 1.90. The minimum atomic E-state index is -4.34. The van der Waals surface area contributed by atoms with Gasteiger partial charge in [-0.25, -0.2) is 0 Å². The van der Waals surface area contributed by atoms with E-state index in [1.165, 1.54) is 12.1 Å². The van der Waals surface area contributed by atoms with Gasteiger partial charge in [0.2, 0.25) is 5.91 Å². The van der Waals surface area contributed by atoms with E-state index in [2.05, 4.69) is 10.6 Å². The van der Waals surface area contributed by atoms with Crippen molar-refractivity contribution < 1.29 is 18.0 Å². The number of rotatable bonds is 3. The van der Waals surface area contributed by atoms with Gasteiger partial charge in [0.1, 0.15) is 0 Å². The number of hydrogen-bond donors (Lipinski definition) is 2. The molecule has 0 radical (unpaired) electrons. The summed E-state index contributed by atoms with van der Waals surface area (Å²) in [5, 5.41) is 6.22. The van der Waals surface area contributed by atoms with E-state index in [0.29, 0.717) is 5.56 Å². The van der Waals surface area contributed by atoms with E-state index in [1.54, 1.807) is 0 Å². The van der Waals surface area contributed by atoms with E-state index in [-0.39, 0.29) is 24.4 Å². The van der Waals surface area contributed by atoms with Gasteiger partial charge in [-0.05, 0) is 44.0 Å². The number of alkyl halides is 3. The van der Waals surface area contributed by atoms with Crippen LogP contribution in [0.1, 0.15) is 30.9 Å². The summed E-state index contributed by atoms with van der Waals surface area (Å²) in [6, 6.07) is 5.02. The molecule has 0 bridgehead atoms. The van der Waals surface area contributed by atoms with E-state index in [4.69, 9.17) is 0 Å². The van der Waals surface area contributed by atoms with E-state index in [0.717, 1.165) is 31.5 Å². The molecule has 2 rings (SSSR count). The van der Waals surface area contributed by atoms with E-state index in [1.807, 2.05) is 6.92 Å². The first-order valence-corrected chi connectivity index (χ1v) is 7.05. The number of halogens is 3. The van der Waals surface area contributed by atoms with Gasteiger partial charge >= 0.3 is 6.18 Å². The largest absolute Gasteiger partial charge is 0.416 e. The number of carbonyl (C=O) groups excluding carboxylic acids is 1. The van der Waals surface area contributed by atoms with Gasteiger partial charge in [0.15, 0.2) is 0 Å². The van der Waals surface area contributed by atoms with Crippen LogP contribution >= 0.6 is 0 Å². The van der Waals surface area contributed by atoms with Crippen LogP contribution in [0.25, 0.3) is 0 Å². The standard InChI is InChI=1S/C15H19F3N2O/c1-10-13(3-2-8-19-10)20-14(21)9-11-4-6-12(7-5-11)15(16,17)18/h4-7,10,13,19H,2-3,8-9H2,1H3,(H,20,21). The molecule has 2 atom stereocenters. The van der Waals surface area contributed by atoms with E-state index in [9.17, 15) is 18.0 Å². The Bertz CT molecular complexity index is 485. The number of piperidine rings is 1. The van der Waals surface area contributed by atoms with Gasteiger partial charge in [-0.15, -0.1) is 0 Å². The van der Waals surface area contributed by atoms with Gasteiger partial charge in [-0.3, -0.25) is 4.79 Å². The van der Waals surface area contributed by atoms with Crippen LogP contribution in [0.3, 0.4) is 0 Å². The van der Waals surface area contributed by atoms with Crippen molar-refractivity contribution in [1.82, 2.24) is 10.6 Å². The van der Waals surface area contributed by atoms with Crippen LogP contribution < -0.4 is 10.6 Å². The molecule has 1 saturated heterocycles. The Morgan fingerprint density at radius 2 is 2.00 bits per heavy atom. The van der Waals surface area contributed by atoms with Crippen molar-refractivity contribution >= 4 is 5.91 Å². The molecule has 1 heterocycles. The van der Waals surface area contributed by atoms with E-state index >= 15 is 0 Å². The molecule has 3 nitrogen and oxygen atoms in total. The lowest BCUT2D eigenvalue weighted by Crippen LogP contribution is -2.52. The Morgan fingerprint density at radius 3 is 2.57 bits per heavy atom. The third-order valence-electron chi connectivity index (χ3n) is 3.75. The molecule has 2 unspecified atom stereocenters. The molecular weight excluding hydrogens is 281 g/mol. The second kappa shape index (κ2) is 6.47. The second-order valence-electron chi connectivity index (χ2n) is 5.43. The summed E-state index contributed by atoms with van der Waals surface area (Å²) < 4.78 is 37.3. The maximum absolute atomic E-state index is 12.4. The summed E-state index contributed by atoms with van der Waals surface area (Å²) in [5.74, 6) is -0.157. The van der Waals surface area contributed by atoms with Crippen LogP contribution in [-0.4, -0.2) is 24.5 Å². The lowest BCUT2D eigenvalue weighted by Gasteiger charge is -2.30. The first-order chi connectivity index (χ1) is 9.86. The second-order valence-corrected chi connectivity index (χ2v) is 5.43. The van der Waals surface area contributed by atoms with Crippen LogP contribution in [0.15, 0.2) is 24.3 Å². The zero-order chi connectivity index (χ0) is 15.5. The predicted octanol–water partition coefficient (Wildman–Crippen LogP) is 2.50. The number of nitrogens with one attached hydrogen (secondary N) is 2. The minimum Gasteiger partial charge on any atom is -0.352 e. The number of hydrogen-bond acceptors (Lipinski definition) is 2. The predicted molar refractivity (Wildman–Crippen MR) is 73.8 cm³/mol. The third kappa shape index (κ3) is 4.46. The Kier molecular flexibility index (Phi) is 4.88. The minimum absolute atomic E-state index is 0.0840. The van der Waals surface area contributed by atoms with Crippen LogP contribution in [0.2, 0.25) is 0 Å². The van der Waals surface area contributed by atoms with Crippen LogP contribution in [-0.2, 0) is 17.4 Å². The highest BCUT2D eigenvalue weighted by Crippen LogP contribution is 2.29. The highest BCUT2D eigenvalue weighted by Gasteiger charge is 2.30. The zero-order valence-electron chi connectivity index (χ0n) is 11.8. The average molecular weight is 300 g/mol. The first-order valence-electron chi connectivity index (χ1n) is 7.05. The Labute approximate surface area is 121 Å². The van der Waals surface area contributed by atoms with Crippen molar-refractivity contribution in [2.45, 2.75) is 44.4 Å². The van der Waals surface area contributed by atoms with Crippen molar-refractivity contribution in [3.8, 4) is 0 Å². The molecule has 1 fully saturated rings. The highest BCUT2D eigenvalue weighted by atomic mass is 19.4. The molecule has 1 aromatic rings. The molecule has 1 amide bonds. The Hall–Kier alpha value is -1.56. The van der Waals surface area contributed by atoms with Crippen LogP contribution in [0.4, 0.5) is 13.2 Å². The summed E-state index contributed by atoms with van der Waals surface area (Å²) >= 11 is 0. The number of amides is 1. The fourth-order valence-electron chi connectivity index (χ4n) is 2.50. The van der Waals surface area contributed by atoms with Crippen LogP contribution in [0.5, 0.6) is 0 Å². The van der Waals surface area contributed by atoms with Gasteiger partial charge in [0.05, 0.1) is 12.0 Å². The van der Waals surface area contributed by atoms with Gasteiger partial charge in [0.25, 0.3) is 0 Å². The van der Waals surface area contributed by atoms with Crippen molar-refractivity contribution in [2.75, 3.05) is 6.54 Å². The maximum atomic E-state index is 12.4. The summed E-state index contributed by atoms with van der Waals surface area (Å²) in [6.45, 7) is 2.97. The van der Waals surface area contributed by atoms with Gasteiger partial charge < -0.3 is 10.6 Å². The Morgan fingerprint density at radius 1 is 1.33 bits per heavy atom. The van der Waals surface area contributed by atoms with Crippen molar-refractivity contribution in [1.29, 1.82) is 0 Å². The van der Waals surface area contributed by atoms with Crippen molar-refractivity contribution in [2.24, 2.45) is 0 Å². The quantitative estimate of drug-likeness (QED) is 0.900. The van der Waals surface area contributed by atoms with Crippen molar-refractivity contribution in [3.05, 3.63) is 35.4 Å². The third-order valence-corrected chi connectivity index (χ3v) is 3.75. The average Bonchev–Trinajstić information content (AvgIpc) is 2.41. The van der Waals surface area contributed by atoms with Gasteiger partial charge in [-0.2, -0.15) is 13.2 Å². The molecule has 0 aliphatic carbocycles. The topological polar surface area (TPSA) is 41.1 Å². The smallest absolute Gasteiger partial charge is 0.352 e. The lowest BCUT2D eigenvalue weighted by molar-refractivity contribution is -0.137. The molecule has 2 N–H and O–H groups in total. The normalized spacial score (nSPS) is 22.9. The number of benzene rings is 1. The first kappa shape index (κ1) is 15.8. The summed E-state index contributed by atoms with van der Waals surface area (Å²) in [5.41, 5.74) is -0.117. The molecule has 1 aromatic carbocycles. The summed E-state index contributed by atoms with van der Waals surface area (Å²) in [6.07, 6.45) is -2.31. The molecular formula is C15H19F3N2O. The fraction of sp³-hybridized carbons (Fsp3) is 0.533.